The van der Waals surface area contributed by atoms with Gasteiger partial charge in [0.1, 0.15) is 12.4 Å². The number of piperazine rings is 1. The molecule has 0 spiro atoms. The molecule has 36 heavy (non-hydrogen) atoms. The molecule has 0 aromatic heterocycles. The first-order valence-electron chi connectivity index (χ1n) is 12.2. The van der Waals surface area contributed by atoms with Crippen LogP contribution in [0.15, 0.2) is 42.5 Å². The van der Waals surface area contributed by atoms with E-state index in [1.807, 2.05) is 18.2 Å². The van der Waals surface area contributed by atoms with Crippen LogP contribution < -0.4 is 20.1 Å². The molecule has 5 rings (SSSR count). The summed E-state index contributed by atoms with van der Waals surface area (Å²) < 4.78 is 35.0. The molecule has 2 heterocycles. The van der Waals surface area contributed by atoms with Crippen LogP contribution >= 0.6 is 36.4 Å². The van der Waals surface area contributed by atoms with Crippen molar-refractivity contribution in [2.45, 2.75) is 37.1 Å². The van der Waals surface area contributed by atoms with Gasteiger partial charge in [-0.1, -0.05) is 36.2 Å². The van der Waals surface area contributed by atoms with Gasteiger partial charge in [-0.2, -0.15) is 17.4 Å². The van der Waals surface area contributed by atoms with E-state index < -0.39 is 10.2 Å². The van der Waals surface area contributed by atoms with Crippen LogP contribution in [0.2, 0.25) is 5.02 Å². The maximum atomic E-state index is 12.5. The molecular formula is C25H35Cl3N4O3S. The van der Waals surface area contributed by atoms with Crippen LogP contribution in [0, 0.1) is 0 Å². The zero-order chi connectivity index (χ0) is 23.6. The van der Waals surface area contributed by atoms with E-state index in [1.54, 1.807) is 0 Å². The van der Waals surface area contributed by atoms with E-state index in [0.717, 1.165) is 36.6 Å². The third kappa shape index (κ3) is 6.13. The predicted octanol–water partition coefficient (Wildman–Crippen LogP) is 3.61. The molecule has 11 heteroatoms. The van der Waals surface area contributed by atoms with E-state index in [1.165, 1.54) is 27.4 Å². The number of nitrogens with one attached hydrogen (secondary N) is 3. The Labute approximate surface area is 231 Å². The minimum Gasteiger partial charge on any atom is -0.492 e. The van der Waals surface area contributed by atoms with E-state index >= 15 is 0 Å². The molecule has 0 amide bonds. The lowest BCUT2D eigenvalue weighted by Crippen LogP contribution is -2.51. The van der Waals surface area contributed by atoms with Crippen molar-refractivity contribution in [2.24, 2.45) is 0 Å². The van der Waals surface area contributed by atoms with Crippen molar-refractivity contribution in [1.29, 1.82) is 0 Å². The standard InChI is InChI=1S/C25H33ClN4O3S.2ClH/c26-21-5-3-20(4-6-21)25(9-1-10-25)24-23-18-22(7-2-19(23)8-11-28-24)33-17-14-29-34(31,32)30-15-12-27-13-16-30;;/h2-7,18,24,27-29H,1,8-17H2;2*1H. The van der Waals surface area contributed by atoms with E-state index in [0.29, 0.717) is 26.2 Å². The van der Waals surface area contributed by atoms with Crippen molar-refractivity contribution in [3.8, 4) is 5.75 Å². The third-order valence-corrected chi connectivity index (χ3v) is 9.33. The molecule has 1 atom stereocenters. The number of hydrogen-bond acceptors (Lipinski definition) is 5. The molecule has 1 aliphatic carbocycles. The van der Waals surface area contributed by atoms with Crippen LogP contribution in [0.4, 0.5) is 0 Å². The van der Waals surface area contributed by atoms with E-state index in [9.17, 15) is 8.42 Å². The van der Waals surface area contributed by atoms with Gasteiger partial charge in [0.05, 0.1) is 0 Å². The minimum atomic E-state index is -3.47. The lowest BCUT2D eigenvalue weighted by Gasteiger charge is -2.50. The molecular weight excluding hydrogens is 543 g/mol. The molecule has 0 bridgehead atoms. The Balaban J connectivity index is 0.00000180. The van der Waals surface area contributed by atoms with Gasteiger partial charge in [0.2, 0.25) is 0 Å². The molecule has 0 radical (unpaired) electrons. The first-order chi connectivity index (χ1) is 16.5. The molecule has 2 aromatic carbocycles. The maximum Gasteiger partial charge on any atom is 0.279 e. The third-order valence-electron chi connectivity index (χ3n) is 7.46. The minimum absolute atomic E-state index is 0. The highest BCUT2D eigenvalue weighted by Gasteiger charge is 2.47. The summed E-state index contributed by atoms with van der Waals surface area (Å²) >= 11 is 6.16. The topological polar surface area (TPSA) is 82.7 Å². The molecule has 200 valence electrons. The van der Waals surface area contributed by atoms with Crippen molar-refractivity contribution in [3.05, 3.63) is 64.2 Å². The fourth-order valence-corrected chi connectivity index (χ4v) is 6.83. The average molecular weight is 578 g/mol. The second kappa shape index (κ2) is 12.6. The molecule has 1 unspecified atom stereocenters. The largest absolute Gasteiger partial charge is 0.492 e. The zero-order valence-electron chi connectivity index (χ0n) is 20.2. The predicted molar refractivity (Wildman–Crippen MR) is 149 cm³/mol. The highest BCUT2D eigenvalue weighted by molar-refractivity contribution is 7.87. The Morgan fingerprint density at radius 1 is 1.06 bits per heavy atom. The van der Waals surface area contributed by atoms with E-state index in [-0.39, 0.29) is 49.4 Å². The summed E-state index contributed by atoms with van der Waals surface area (Å²) in [5, 5.41) is 7.72. The first kappa shape index (κ1) is 29.5. The molecule has 2 aliphatic heterocycles. The lowest BCUT2D eigenvalue weighted by atomic mass is 9.58. The van der Waals surface area contributed by atoms with Gasteiger partial charge in [-0.25, -0.2) is 0 Å². The van der Waals surface area contributed by atoms with Crippen LogP contribution in [0.3, 0.4) is 0 Å². The number of hydrogen-bond donors (Lipinski definition) is 3. The Kier molecular flexibility index (Phi) is 10.3. The van der Waals surface area contributed by atoms with Gasteiger partial charge in [-0.3, -0.25) is 0 Å². The lowest BCUT2D eigenvalue weighted by molar-refractivity contribution is 0.164. The van der Waals surface area contributed by atoms with Gasteiger partial charge < -0.3 is 15.4 Å². The normalized spacial score (nSPS) is 21.3. The SMILES string of the molecule is Cl.Cl.O=S(=O)(NCCOc1ccc2c(c1)C(C1(c3ccc(Cl)cc3)CCC1)NCC2)N1CCNCC1. The summed E-state index contributed by atoms with van der Waals surface area (Å²) in [6.45, 7) is 3.82. The fraction of sp³-hybridized carbons (Fsp3) is 0.520. The number of fused-ring (bicyclic) bond motifs is 1. The van der Waals surface area contributed by atoms with Gasteiger partial charge in [0, 0.05) is 49.2 Å². The second-order valence-corrected chi connectivity index (χ2v) is 11.6. The quantitative estimate of drug-likeness (QED) is 0.418. The first-order valence-corrected chi connectivity index (χ1v) is 14.0. The van der Waals surface area contributed by atoms with Crippen molar-refractivity contribution in [1.82, 2.24) is 19.7 Å². The van der Waals surface area contributed by atoms with Crippen molar-refractivity contribution < 1.29 is 13.2 Å². The number of rotatable bonds is 8. The van der Waals surface area contributed by atoms with E-state index in [4.69, 9.17) is 16.3 Å². The van der Waals surface area contributed by atoms with Crippen molar-refractivity contribution in [3.63, 3.8) is 0 Å². The van der Waals surface area contributed by atoms with Gasteiger partial charge in [-0.05, 0) is 66.8 Å². The van der Waals surface area contributed by atoms with Crippen molar-refractivity contribution in [2.75, 3.05) is 45.9 Å². The van der Waals surface area contributed by atoms with E-state index in [2.05, 4.69) is 39.6 Å². The molecule has 2 fully saturated rings. The van der Waals surface area contributed by atoms with Gasteiger partial charge >= 0.3 is 0 Å². The van der Waals surface area contributed by atoms with Gasteiger partial charge in [0.15, 0.2) is 0 Å². The molecule has 3 N–H and O–H groups in total. The number of ether oxygens (including phenoxy) is 1. The summed E-state index contributed by atoms with van der Waals surface area (Å²) in [5.41, 5.74) is 4.05. The molecule has 7 nitrogen and oxygen atoms in total. The molecule has 1 saturated heterocycles. The fourth-order valence-electron chi connectivity index (χ4n) is 5.51. The van der Waals surface area contributed by atoms with Crippen LogP contribution in [0.5, 0.6) is 5.75 Å². The maximum absolute atomic E-state index is 12.5. The highest BCUT2D eigenvalue weighted by Crippen LogP contribution is 2.53. The zero-order valence-corrected chi connectivity index (χ0v) is 23.4. The van der Waals surface area contributed by atoms with Crippen LogP contribution in [-0.2, 0) is 22.0 Å². The number of benzene rings is 2. The number of nitrogens with zero attached hydrogens (tertiary/aromatic N) is 1. The second-order valence-electron chi connectivity index (χ2n) is 9.41. The summed E-state index contributed by atoms with van der Waals surface area (Å²) in [7, 11) is -3.47. The summed E-state index contributed by atoms with van der Waals surface area (Å²) in [6.07, 6.45) is 4.50. The van der Waals surface area contributed by atoms with Crippen LogP contribution in [-0.4, -0.2) is 58.6 Å². The van der Waals surface area contributed by atoms with Gasteiger partial charge in [-0.15, -0.1) is 24.8 Å². The Bertz CT molecular complexity index is 1110. The van der Waals surface area contributed by atoms with Crippen LogP contribution in [0.25, 0.3) is 0 Å². The summed E-state index contributed by atoms with van der Waals surface area (Å²) in [5.74, 6) is 0.777. The number of halogens is 3. The molecule has 3 aliphatic rings. The Morgan fingerprint density at radius 2 is 1.78 bits per heavy atom. The smallest absolute Gasteiger partial charge is 0.279 e. The highest BCUT2D eigenvalue weighted by atomic mass is 35.5. The summed E-state index contributed by atoms with van der Waals surface area (Å²) in [6, 6.07) is 14.8. The monoisotopic (exact) mass is 576 g/mol. The average Bonchev–Trinajstić information content (AvgIpc) is 2.83. The van der Waals surface area contributed by atoms with Gasteiger partial charge in [0.25, 0.3) is 10.2 Å². The molecule has 2 aromatic rings. The Morgan fingerprint density at radius 3 is 2.44 bits per heavy atom. The summed E-state index contributed by atoms with van der Waals surface area (Å²) in [4.78, 5) is 0. The van der Waals surface area contributed by atoms with Crippen molar-refractivity contribution >= 4 is 46.6 Å². The van der Waals surface area contributed by atoms with Crippen LogP contribution in [0.1, 0.15) is 42.0 Å². The molecule has 1 saturated carbocycles. The Hall–Kier alpha value is -1.10.